The highest BCUT2D eigenvalue weighted by molar-refractivity contribution is 5.97. The minimum Gasteiger partial charge on any atom is -0.422 e. The summed E-state index contributed by atoms with van der Waals surface area (Å²) in [4.78, 5) is 34.9. The van der Waals surface area contributed by atoms with Gasteiger partial charge in [-0.1, -0.05) is 0 Å². The monoisotopic (exact) mass is 240 g/mol. The highest BCUT2D eigenvalue weighted by Gasteiger charge is 2.47. The first-order valence-corrected chi connectivity index (χ1v) is 5.86. The number of carbonyl (C=O) groups is 3. The summed E-state index contributed by atoms with van der Waals surface area (Å²) in [6.45, 7) is 3.04. The number of hydrogen-bond donors (Lipinski definition) is 0. The standard InChI is InChI=1S/C12H16O5/c1-12(2)16-10(14)9(11(15)17-12)7-4-3-5-8(13)6-7/h7,9H,3-6H2,1-2H3. The molecular weight excluding hydrogens is 224 g/mol. The Kier molecular flexibility index (Phi) is 2.93. The maximum absolute atomic E-state index is 11.8. The largest absolute Gasteiger partial charge is 0.422 e. The van der Waals surface area contributed by atoms with E-state index in [0.717, 1.165) is 6.42 Å². The molecule has 94 valence electrons. The van der Waals surface area contributed by atoms with E-state index in [1.54, 1.807) is 0 Å². The van der Waals surface area contributed by atoms with Gasteiger partial charge < -0.3 is 9.47 Å². The van der Waals surface area contributed by atoms with Gasteiger partial charge in [0.1, 0.15) is 5.78 Å². The van der Waals surface area contributed by atoms with Gasteiger partial charge in [-0.2, -0.15) is 0 Å². The van der Waals surface area contributed by atoms with Gasteiger partial charge in [-0.3, -0.25) is 14.4 Å². The Labute approximate surface area is 99.5 Å². The molecule has 0 aromatic carbocycles. The van der Waals surface area contributed by atoms with E-state index in [9.17, 15) is 14.4 Å². The van der Waals surface area contributed by atoms with E-state index in [0.29, 0.717) is 12.8 Å². The summed E-state index contributed by atoms with van der Waals surface area (Å²) in [5, 5.41) is 0. The predicted molar refractivity (Wildman–Crippen MR) is 56.7 cm³/mol. The van der Waals surface area contributed by atoms with Crippen molar-refractivity contribution in [1.29, 1.82) is 0 Å². The van der Waals surface area contributed by atoms with Crippen molar-refractivity contribution in [1.82, 2.24) is 0 Å². The van der Waals surface area contributed by atoms with Crippen LogP contribution in [0.15, 0.2) is 0 Å². The molecule has 1 unspecified atom stereocenters. The lowest BCUT2D eigenvalue weighted by Gasteiger charge is -2.36. The van der Waals surface area contributed by atoms with Gasteiger partial charge in [0.05, 0.1) is 0 Å². The number of rotatable bonds is 1. The van der Waals surface area contributed by atoms with Gasteiger partial charge in [0.25, 0.3) is 5.79 Å². The molecule has 1 aliphatic heterocycles. The molecular formula is C12H16O5. The summed E-state index contributed by atoms with van der Waals surface area (Å²) >= 11 is 0. The Bertz CT molecular complexity index is 351. The quantitative estimate of drug-likeness (QED) is 0.508. The van der Waals surface area contributed by atoms with Crippen molar-refractivity contribution in [3.8, 4) is 0 Å². The average Bonchev–Trinajstić information content (AvgIpc) is 2.13. The maximum Gasteiger partial charge on any atom is 0.323 e. The number of esters is 2. The second kappa shape index (κ2) is 4.13. The molecule has 0 aromatic heterocycles. The molecule has 2 fully saturated rings. The van der Waals surface area contributed by atoms with Gasteiger partial charge in [-0.15, -0.1) is 0 Å². The Hall–Kier alpha value is -1.39. The number of ketones is 1. The molecule has 0 aromatic rings. The molecule has 2 aliphatic rings. The van der Waals surface area contributed by atoms with E-state index in [-0.39, 0.29) is 18.1 Å². The van der Waals surface area contributed by atoms with Crippen molar-refractivity contribution in [2.24, 2.45) is 11.8 Å². The second-order valence-electron chi connectivity index (χ2n) is 5.11. The summed E-state index contributed by atoms with van der Waals surface area (Å²) in [6, 6.07) is 0. The van der Waals surface area contributed by atoms with Crippen LogP contribution in [0.4, 0.5) is 0 Å². The van der Waals surface area contributed by atoms with Crippen molar-refractivity contribution in [2.45, 2.75) is 45.3 Å². The molecule has 1 heterocycles. The Morgan fingerprint density at radius 2 is 1.71 bits per heavy atom. The van der Waals surface area contributed by atoms with Crippen LogP contribution in [-0.4, -0.2) is 23.5 Å². The number of hydrogen-bond acceptors (Lipinski definition) is 5. The highest BCUT2D eigenvalue weighted by Crippen LogP contribution is 2.34. The van der Waals surface area contributed by atoms with Crippen LogP contribution in [0.3, 0.4) is 0 Å². The van der Waals surface area contributed by atoms with Gasteiger partial charge in [0.2, 0.25) is 0 Å². The molecule has 1 atom stereocenters. The third kappa shape index (κ3) is 2.48. The van der Waals surface area contributed by atoms with Crippen LogP contribution in [0.25, 0.3) is 0 Å². The van der Waals surface area contributed by atoms with Crippen molar-refractivity contribution >= 4 is 17.7 Å². The third-order valence-corrected chi connectivity index (χ3v) is 3.19. The topological polar surface area (TPSA) is 69.7 Å². The zero-order valence-electron chi connectivity index (χ0n) is 10.0. The molecule has 0 N–H and O–H groups in total. The van der Waals surface area contributed by atoms with Crippen molar-refractivity contribution < 1.29 is 23.9 Å². The second-order valence-corrected chi connectivity index (χ2v) is 5.11. The van der Waals surface area contributed by atoms with Crippen LogP contribution in [0.1, 0.15) is 39.5 Å². The lowest BCUT2D eigenvalue weighted by molar-refractivity contribution is -0.242. The third-order valence-electron chi connectivity index (χ3n) is 3.19. The predicted octanol–water partition coefficient (Wildman–Crippen LogP) is 1.20. The van der Waals surface area contributed by atoms with Gasteiger partial charge >= 0.3 is 11.9 Å². The fraction of sp³-hybridized carbons (Fsp3) is 0.750. The van der Waals surface area contributed by atoms with E-state index in [1.165, 1.54) is 13.8 Å². The molecule has 0 amide bonds. The average molecular weight is 240 g/mol. The van der Waals surface area contributed by atoms with E-state index in [4.69, 9.17) is 9.47 Å². The minimum atomic E-state index is -1.19. The lowest BCUT2D eigenvalue weighted by atomic mass is 9.79. The van der Waals surface area contributed by atoms with Crippen LogP contribution in [0, 0.1) is 11.8 Å². The maximum atomic E-state index is 11.8. The summed E-state index contributed by atoms with van der Waals surface area (Å²) in [6.07, 6.45) is 2.24. The molecule has 1 saturated heterocycles. The fourth-order valence-corrected chi connectivity index (χ4v) is 2.46. The summed E-state index contributed by atoms with van der Waals surface area (Å²) < 4.78 is 10.1. The van der Waals surface area contributed by atoms with Gasteiger partial charge in [-0.25, -0.2) is 0 Å². The zero-order chi connectivity index (χ0) is 12.6. The van der Waals surface area contributed by atoms with Crippen molar-refractivity contribution in [3.05, 3.63) is 0 Å². The zero-order valence-corrected chi connectivity index (χ0v) is 10.0. The minimum absolute atomic E-state index is 0.103. The van der Waals surface area contributed by atoms with Gasteiger partial charge in [0, 0.05) is 26.7 Å². The number of ether oxygens (including phenoxy) is 2. The smallest absolute Gasteiger partial charge is 0.323 e. The van der Waals surface area contributed by atoms with Gasteiger partial charge in [-0.05, 0) is 18.8 Å². The molecule has 2 rings (SSSR count). The van der Waals surface area contributed by atoms with E-state index in [2.05, 4.69) is 0 Å². The first kappa shape index (κ1) is 12.1. The molecule has 1 aliphatic carbocycles. The molecule has 0 spiro atoms. The Morgan fingerprint density at radius 3 is 2.24 bits per heavy atom. The summed E-state index contributed by atoms with van der Waals surface area (Å²) in [7, 11) is 0. The SMILES string of the molecule is CC1(C)OC(=O)C(C2CCCC(=O)C2)C(=O)O1. The highest BCUT2D eigenvalue weighted by atomic mass is 16.7. The molecule has 5 nitrogen and oxygen atoms in total. The van der Waals surface area contributed by atoms with Gasteiger partial charge in [0.15, 0.2) is 5.92 Å². The molecule has 5 heteroatoms. The molecule has 0 radical (unpaired) electrons. The van der Waals surface area contributed by atoms with E-state index >= 15 is 0 Å². The van der Waals surface area contributed by atoms with Crippen molar-refractivity contribution in [3.63, 3.8) is 0 Å². The fourth-order valence-electron chi connectivity index (χ4n) is 2.46. The Balaban J connectivity index is 2.13. The molecule has 1 saturated carbocycles. The molecule has 0 bridgehead atoms. The first-order valence-electron chi connectivity index (χ1n) is 5.86. The number of carbonyl (C=O) groups excluding carboxylic acids is 3. The molecule has 17 heavy (non-hydrogen) atoms. The van der Waals surface area contributed by atoms with Crippen LogP contribution in [0.5, 0.6) is 0 Å². The summed E-state index contributed by atoms with van der Waals surface area (Å²) in [5.41, 5.74) is 0. The van der Waals surface area contributed by atoms with Crippen LogP contribution in [0.2, 0.25) is 0 Å². The van der Waals surface area contributed by atoms with Crippen LogP contribution >= 0.6 is 0 Å². The normalized spacial score (nSPS) is 29.8. The number of cyclic esters (lactones) is 2. The van der Waals surface area contributed by atoms with Crippen molar-refractivity contribution in [2.75, 3.05) is 0 Å². The first-order chi connectivity index (χ1) is 7.89. The Morgan fingerprint density at radius 1 is 1.12 bits per heavy atom. The van der Waals surface area contributed by atoms with Crippen LogP contribution in [-0.2, 0) is 23.9 Å². The van der Waals surface area contributed by atoms with E-state index in [1.807, 2.05) is 0 Å². The van der Waals surface area contributed by atoms with E-state index < -0.39 is 23.6 Å². The number of Topliss-reactive ketones (excluding diaryl/α,β-unsaturated/α-hetero) is 1. The van der Waals surface area contributed by atoms with Crippen LogP contribution < -0.4 is 0 Å². The summed E-state index contributed by atoms with van der Waals surface area (Å²) in [5.74, 6) is -3.40. The lowest BCUT2D eigenvalue weighted by Crippen LogP contribution is -2.49.